The fourth-order valence-corrected chi connectivity index (χ4v) is 2.15. The molecule has 1 aliphatic rings. The second-order valence-electron chi connectivity index (χ2n) is 5.00. The molecule has 0 aromatic carbocycles. The number of imidazole rings is 1. The Hall–Kier alpha value is -1.36. The molecular weight excluding hydrogens is 216 g/mol. The number of aryl methyl sites for hydroxylation is 1. The molecule has 5 heteroatoms. The van der Waals surface area contributed by atoms with Crippen LogP contribution in [-0.2, 0) is 11.3 Å². The SMILES string of the molecule is CC1(C)NCCN(CCCn2ccnc2)C1=O. The van der Waals surface area contributed by atoms with Crippen molar-refractivity contribution in [3.63, 3.8) is 0 Å². The van der Waals surface area contributed by atoms with Gasteiger partial charge in [-0.25, -0.2) is 4.98 Å². The van der Waals surface area contributed by atoms with Crippen molar-refractivity contribution >= 4 is 5.91 Å². The molecule has 2 rings (SSSR count). The van der Waals surface area contributed by atoms with Crippen LogP contribution in [0.2, 0.25) is 0 Å². The number of rotatable bonds is 4. The Bertz CT molecular complexity index is 372. The molecule has 0 atom stereocenters. The van der Waals surface area contributed by atoms with Gasteiger partial charge in [-0.15, -0.1) is 0 Å². The van der Waals surface area contributed by atoms with E-state index in [0.29, 0.717) is 0 Å². The van der Waals surface area contributed by atoms with E-state index in [2.05, 4.69) is 10.3 Å². The smallest absolute Gasteiger partial charge is 0.242 e. The van der Waals surface area contributed by atoms with Gasteiger partial charge in [0.2, 0.25) is 5.91 Å². The van der Waals surface area contributed by atoms with Crippen molar-refractivity contribution in [2.45, 2.75) is 32.4 Å². The first-order valence-electron chi connectivity index (χ1n) is 6.10. The van der Waals surface area contributed by atoms with E-state index >= 15 is 0 Å². The van der Waals surface area contributed by atoms with Crippen LogP contribution in [0.3, 0.4) is 0 Å². The molecule has 94 valence electrons. The average Bonchev–Trinajstić information content (AvgIpc) is 2.77. The van der Waals surface area contributed by atoms with E-state index in [1.165, 1.54) is 0 Å². The van der Waals surface area contributed by atoms with Gasteiger partial charge in [0.25, 0.3) is 0 Å². The van der Waals surface area contributed by atoms with Crippen LogP contribution in [0.4, 0.5) is 0 Å². The summed E-state index contributed by atoms with van der Waals surface area (Å²) in [4.78, 5) is 18.0. The summed E-state index contributed by atoms with van der Waals surface area (Å²) in [6.45, 7) is 7.31. The molecule has 5 nitrogen and oxygen atoms in total. The van der Waals surface area contributed by atoms with Gasteiger partial charge >= 0.3 is 0 Å². The zero-order valence-electron chi connectivity index (χ0n) is 10.5. The monoisotopic (exact) mass is 236 g/mol. The van der Waals surface area contributed by atoms with Crippen molar-refractivity contribution < 1.29 is 4.79 Å². The van der Waals surface area contributed by atoms with Crippen LogP contribution < -0.4 is 5.32 Å². The number of carbonyl (C=O) groups is 1. The predicted molar refractivity (Wildman–Crippen MR) is 65.5 cm³/mol. The molecule has 1 aliphatic heterocycles. The zero-order valence-corrected chi connectivity index (χ0v) is 10.5. The molecule has 2 heterocycles. The minimum Gasteiger partial charge on any atom is -0.340 e. The van der Waals surface area contributed by atoms with Gasteiger partial charge in [0.1, 0.15) is 0 Å². The quantitative estimate of drug-likeness (QED) is 0.827. The van der Waals surface area contributed by atoms with Gasteiger partial charge in [-0.05, 0) is 20.3 Å². The topological polar surface area (TPSA) is 50.2 Å². The Kier molecular flexibility index (Phi) is 3.47. The number of nitrogens with zero attached hydrogens (tertiary/aromatic N) is 3. The minimum absolute atomic E-state index is 0.203. The van der Waals surface area contributed by atoms with Gasteiger partial charge in [0.05, 0.1) is 11.9 Å². The fraction of sp³-hybridized carbons (Fsp3) is 0.667. The first-order valence-corrected chi connectivity index (χ1v) is 6.10. The Morgan fingerprint density at radius 1 is 1.47 bits per heavy atom. The maximum atomic E-state index is 12.1. The number of carbonyl (C=O) groups excluding carboxylic acids is 1. The van der Waals surface area contributed by atoms with Crippen LogP contribution in [0.5, 0.6) is 0 Å². The lowest BCUT2D eigenvalue weighted by atomic mass is 10.0. The highest BCUT2D eigenvalue weighted by molar-refractivity contribution is 5.86. The number of amides is 1. The number of aromatic nitrogens is 2. The highest BCUT2D eigenvalue weighted by Crippen LogP contribution is 2.12. The Morgan fingerprint density at radius 3 is 3.00 bits per heavy atom. The van der Waals surface area contributed by atoms with Gasteiger partial charge in [-0.1, -0.05) is 0 Å². The number of hydrogen-bond acceptors (Lipinski definition) is 3. The van der Waals surface area contributed by atoms with E-state index in [-0.39, 0.29) is 5.91 Å². The van der Waals surface area contributed by atoms with Gasteiger partial charge < -0.3 is 14.8 Å². The maximum absolute atomic E-state index is 12.1. The van der Waals surface area contributed by atoms with E-state index in [0.717, 1.165) is 32.6 Å². The molecular formula is C12H20N4O. The lowest BCUT2D eigenvalue weighted by molar-refractivity contribution is -0.139. The summed E-state index contributed by atoms with van der Waals surface area (Å²) in [6.07, 6.45) is 6.50. The second kappa shape index (κ2) is 4.87. The second-order valence-corrected chi connectivity index (χ2v) is 5.00. The first-order chi connectivity index (χ1) is 8.09. The number of piperazine rings is 1. The van der Waals surface area contributed by atoms with Gasteiger partial charge in [0.15, 0.2) is 0 Å². The van der Waals surface area contributed by atoms with Gasteiger partial charge in [-0.2, -0.15) is 0 Å². The zero-order chi connectivity index (χ0) is 12.3. The first kappa shape index (κ1) is 12.1. The van der Waals surface area contributed by atoms with Crippen molar-refractivity contribution in [3.8, 4) is 0 Å². The number of hydrogen-bond donors (Lipinski definition) is 1. The van der Waals surface area contributed by atoms with E-state index in [9.17, 15) is 4.79 Å². The average molecular weight is 236 g/mol. The molecule has 0 aliphatic carbocycles. The summed E-state index contributed by atoms with van der Waals surface area (Å²) in [5.41, 5.74) is -0.409. The molecule has 1 N–H and O–H groups in total. The van der Waals surface area contributed by atoms with Crippen LogP contribution in [0.25, 0.3) is 0 Å². The van der Waals surface area contributed by atoms with E-state index < -0.39 is 5.54 Å². The van der Waals surface area contributed by atoms with Crippen LogP contribution in [0, 0.1) is 0 Å². The maximum Gasteiger partial charge on any atom is 0.242 e. The van der Waals surface area contributed by atoms with E-state index in [1.807, 2.05) is 35.8 Å². The minimum atomic E-state index is -0.409. The highest BCUT2D eigenvalue weighted by atomic mass is 16.2. The predicted octanol–water partition coefficient (Wildman–Crippen LogP) is 0.484. The largest absolute Gasteiger partial charge is 0.340 e. The van der Waals surface area contributed by atoms with Crippen LogP contribution in [0.1, 0.15) is 20.3 Å². The fourth-order valence-electron chi connectivity index (χ4n) is 2.15. The molecule has 1 amide bonds. The molecule has 0 radical (unpaired) electrons. The lowest BCUT2D eigenvalue weighted by Crippen LogP contribution is -2.61. The summed E-state index contributed by atoms with van der Waals surface area (Å²) in [5.74, 6) is 0.203. The van der Waals surface area contributed by atoms with Gasteiger partial charge in [0, 0.05) is 38.6 Å². The number of nitrogens with one attached hydrogen (secondary N) is 1. The van der Waals surface area contributed by atoms with Crippen molar-refractivity contribution in [1.82, 2.24) is 19.8 Å². The van der Waals surface area contributed by atoms with Crippen molar-refractivity contribution in [2.24, 2.45) is 0 Å². The van der Waals surface area contributed by atoms with E-state index in [1.54, 1.807) is 6.20 Å². The third kappa shape index (κ3) is 2.85. The summed E-state index contributed by atoms with van der Waals surface area (Å²) < 4.78 is 2.04. The standard InChI is InChI=1S/C12H20N4O/c1-12(2)11(17)16(9-5-14-12)7-3-6-15-8-4-13-10-15/h4,8,10,14H,3,5-7,9H2,1-2H3. The molecule has 1 fully saturated rings. The molecule has 1 aromatic heterocycles. The molecule has 0 spiro atoms. The lowest BCUT2D eigenvalue weighted by Gasteiger charge is -2.38. The van der Waals surface area contributed by atoms with Crippen LogP contribution in [0.15, 0.2) is 18.7 Å². The molecule has 1 aromatic rings. The highest BCUT2D eigenvalue weighted by Gasteiger charge is 2.34. The van der Waals surface area contributed by atoms with Crippen LogP contribution >= 0.6 is 0 Å². The van der Waals surface area contributed by atoms with Crippen molar-refractivity contribution in [1.29, 1.82) is 0 Å². The Morgan fingerprint density at radius 2 is 2.29 bits per heavy atom. The van der Waals surface area contributed by atoms with Crippen molar-refractivity contribution in [3.05, 3.63) is 18.7 Å². The van der Waals surface area contributed by atoms with E-state index in [4.69, 9.17) is 0 Å². The van der Waals surface area contributed by atoms with Crippen molar-refractivity contribution in [2.75, 3.05) is 19.6 Å². The molecule has 0 saturated carbocycles. The summed E-state index contributed by atoms with van der Waals surface area (Å²) >= 11 is 0. The van der Waals surface area contributed by atoms with Crippen LogP contribution in [-0.4, -0.2) is 45.5 Å². The Balaban J connectivity index is 1.81. The summed E-state index contributed by atoms with van der Waals surface area (Å²) in [7, 11) is 0. The summed E-state index contributed by atoms with van der Waals surface area (Å²) in [5, 5.41) is 3.24. The third-order valence-corrected chi connectivity index (χ3v) is 3.17. The molecule has 0 unspecified atom stereocenters. The van der Waals surface area contributed by atoms with Gasteiger partial charge in [-0.3, -0.25) is 4.79 Å². The third-order valence-electron chi connectivity index (χ3n) is 3.17. The molecule has 1 saturated heterocycles. The normalized spacial score (nSPS) is 19.6. The Labute approximate surface area is 102 Å². The molecule has 0 bridgehead atoms. The summed E-state index contributed by atoms with van der Waals surface area (Å²) in [6, 6.07) is 0. The molecule has 17 heavy (non-hydrogen) atoms.